The van der Waals surface area contributed by atoms with Crippen molar-refractivity contribution in [1.29, 1.82) is 0 Å². The van der Waals surface area contributed by atoms with Crippen molar-refractivity contribution in [3.8, 4) is 0 Å². The van der Waals surface area contributed by atoms with Gasteiger partial charge in [-0.05, 0) is 32.8 Å². The van der Waals surface area contributed by atoms with Crippen LogP contribution in [0, 0.1) is 13.8 Å². The third kappa shape index (κ3) is 2.89. The van der Waals surface area contributed by atoms with Crippen molar-refractivity contribution in [3.63, 3.8) is 0 Å². The minimum atomic E-state index is -0.00116. The number of fused-ring (bicyclic) bond motifs is 1. The maximum atomic E-state index is 13.0. The van der Waals surface area contributed by atoms with Crippen LogP contribution in [0.4, 0.5) is 0 Å². The second-order valence-electron chi connectivity index (χ2n) is 6.42. The Hall–Kier alpha value is -2.41. The predicted molar refractivity (Wildman–Crippen MR) is 92.7 cm³/mol. The fourth-order valence-electron chi connectivity index (χ4n) is 3.40. The van der Waals surface area contributed by atoms with Crippen molar-refractivity contribution in [2.75, 3.05) is 13.1 Å². The molecule has 1 aliphatic heterocycles. The number of hydrogen-bond acceptors (Lipinski definition) is 5. The lowest BCUT2D eigenvalue weighted by Gasteiger charge is -2.32. The average molecular weight is 360 g/mol. The molecule has 1 amide bonds. The van der Waals surface area contributed by atoms with Crippen molar-refractivity contribution in [1.82, 2.24) is 24.8 Å². The molecule has 3 aromatic rings. The van der Waals surface area contributed by atoms with Gasteiger partial charge in [0, 0.05) is 25.0 Å². The Balaban J connectivity index is 1.56. The molecular weight excluding hydrogens is 342 g/mol. The predicted octanol–water partition coefficient (Wildman–Crippen LogP) is 3.17. The first-order chi connectivity index (χ1) is 12.0. The van der Waals surface area contributed by atoms with E-state index in [1.807, 2.05) is 35.7 Å². The van der Waals surface area contributed by atoms with Gasteiger partial charge in [0.2, 0.25) is 0 Å². The largest absolute Gasteiger partial charge is 0.338 e. The zero-order valence-electron chi connectivity index (χ0n) is 14.1. The number of piperidine rings is 1. The van der Waals surface area contributed by atoms with Gasteiger partial charge in [0.1, 0.15) is 0 Å². The summed E-state index contributed by atoms with van der Waals surface area (Å²) in [6, 6.07) is 2.09. The normalized spacial score (nSPS) is 15.9. The van der Waals surface area contributed by atoms with Gasteiger partial charge >= 0.3 is 0 Å². The van der Waals surface area contributed by atoms with Crippen LogP contribution in [0.1, 0.15) is 40.6 Å². The van der Waals surface area contributed by atoms with Gasteiger partial charge < -0.3 is 9.42 Å². The second-order valence-corrected chi connectivity index (χ2v) is 6.86. The summed E-state index contributed by atoms with van der Waals surface area (Å²) in [6.45, 7) is 5.03. The van der Waals surface area contributed by atoms with E-state index in [2.05, 4.69) is 15.2 Å². The molecule has 3 aromatic heterocycles. The van der Waals surface area contributed by atoms with E-state index >= 15 is 0 Å². The highest BCUT2D eigenvalue weighted by Gasteiger charge is 2.27. The van der Waals surface area contributed by atoms with Gasteiger partial charge in [0.25, 0.3) is 11.6 Å². The van der Waals surface area contributed by atoms with E-state index in [9.17, 15) is 4.79 Å². The van der Waals surface area contributed by atoms with Crippen LogP contribution in [-0.4, -0.2) is 43.8 Å². The number of hydrogen-bond donors (Lipinski definition) is 0. The fraction of sp³-hybridized carbons (Fsp3) is 0.412. The highest BCUT2D eigenvalue weighted by molar-refractivity contribution is 6.30. The number of likely N-dealkylation sites (tertiary alicyclic amines) is 1. The molecule has 7 nitrogen and oxygen atoms in total. The molecule has 25 heavy (non-hydrogen) atoms. The molecule has 0 aliphatic carbocycles. The monoisotopic (exact) mass is 359 g/mol. The Bertz CT molecular complexity index is 940. The quantitative estimate of drug-likeness (QED) is 0.702. The van der Waals surface area contributed by atoms with Crippen LogP contribution >= 0.6 is 11.6 Å². The van der Waals surface area contributed by atoms with Crippen molar-refractivity contribution in [3.05, 3.63) is 40.4 Å². The molecule has 0 atom stereocenters. The van der Waals surface area contributed by atoms with E-state index in [1.165, 1.54) is 0 Å². The lowest BCUT2D eigenvalue weighted by Crippen LogP contribution is -2.39. The maximum absolute atomic E-state index is 13.0. The number of rotatable bonds is 2. The number of carbonyl (C=O) groups excluding carboxylic acids is 1. The lowest BCUT2D eigenvalue weighted by molar-refractivity contribution is 0.0691. The molecular formula is C17H18ClN5O2. The SMILES string of the molecule is Cc1cc(C(=O)N2CCC(n3cc(Cl)cn3)CC2)c2c(C)noc2n1. The molecule has 1 fully saturated rings. The van der Waals surface area contributed by atoms with Crippen molar-refractivity contribution in [2.45, 2.75) is 32.7 Å². The first-order valence-electron chi connectivity index (χ1n) is 8.25. The third-order valence-corrected chi connectivity index (χ3v) is 4.87. The van der Waals surface area contributed by atoms with Gasteiger partial charge in [0.15, 0.2) is 0 Å². The molecule has 4 heterocycles. The van der Waals surface area contributed by atoms with Gasteiger partial charge in [-0.3, -0.25) is 9.48 Å². The third-order valence-electron chi connectivity index (χ3n) is 4.67. The molecule has 1 saturated heterocycles. The van der Waals surface area contributed by atoms with Crippen LogP contribution in [0.2, 0.25) is 5.02 Å². The number of carbonyl (C=O) groups is 1. The van der Waals surface area contributed by atoms with Crippen LogP contribution in [-0.2, 0) is 0 Å². The number of pyridine rings is 1. The molecule has 0 bridgehead atoms. The Morgan fingerprint density at radius 2 is 2.08 bits per heavy atom. The molecule has 0 unspecified atom stereocenters. The van der Waals surface area contributed by atoms with Crippen LogP contribution < -0.4 is 0 Å². The van der Waals surface area contributed by atoms with Gasteiger partial charge in [-0.15, -0.1) is 0 Å². The van der Waals surface area contributed by atoms with E-state index in [0.29, 0.717) is 40.5 Å². The van der Waals surface area contributed by atoms with Crippen molar-refractivity contribution in [2.24, 2.45) is 0 Å². The number of nitrogens with zero attached hydrogens (tertiary/aromatic N) is 5. The van der Waals surface area contributed by atoms with Gasteiger partial charge in [0.05, 0.1) is 33.9 Å². The van der Waals surface area contributed by atoms with Crippen LogP contribution in [0.15, 0.2) is 23.0 Å². The Morgan fingerprint density at radius 1 is 1.32 bits per heavy atom. The summed E-state index contributed by atoms with van der Waals surface area (Å²) in [6.07, 6.45) is 5.17. The summed E-state index contributed by atoms with van der Waals surface area (Å²) < 4.78 is 7.12. The Morgan fingerprint density at radius 3 is 2.76 bits per heavy atom. The lowest BCUT2D eigenvalue weighted by atomic mass is 10.0. The molecule has 1 aliphatic rings. The molecule has 0 radical (unpaired) electrons. The summed E-state index contributed by atoms with van der Waals surface area (Å²) in [4.78, 5) is 19.2. The van der Waals surface area contributed by atoms with Gasteiger partial charge in [-0.2, -0.15) is 5.10 Å². The van der Waals surface area contributed by atoms with E-state index in [1.54, 1.807) is 6.20 Å². The van der Waals surface area contributed by atoms with E-state index in [4.69, 9.17) is 16.1 Å². The maximum Gasteiger partial charge on any atom is 0.258 e. The molecule has 4 rings (SSSR count). The minimum absolute atomic E-state index is 0.00116. The highest BCUT2D eigenvalue weighted by Crippen LogP contribution is 2.27. The average Bonchev–Trinajstić information content (AvgIpc) is 3.20. The summed E-state index contributed by atoms with van der Waals surface area (Å²) in [7, 11) is 0. The van der Waals surface area contributed by atoms with Crippen molar-refractivity contribution >= 4 is 28.6 Å². The van der Waals surface area contributed by atoms with E-state index in [-0.39, 0.29) is 11.9 Å². The number of aryl methyl sites for hydroxylation is 2. The van der Waals surface area contributed by atoms with Crippen LogP contribution in [0.3, 0.4) is 0 Å². The van der Waals surface area contributed by atoms with Gasteiger partial charge in [-0.1, -0.05) is 16.8 Å². The topological polar surface area (TPSA) is 77.0 Å². The molecule has 0 saturated carbocycles. The molecule has 0 N–H and O–H groups in total. The Labute approximate surface area is 149 Å². The highest BCUT2D eigenvalue weighted by atomic mass is 35.5. The first kappa shape index (κ1) is 16.1. The van der Waals surface area contributed by atoms with E-state index in [0.717, 1.165) is 18.5 Å². The summed E-state index contributed by atoms with van der Waals surface area (Å²) in [5.74, 6) is -0.00116. The molecule has 0 spiro atoms. The zero-order valence-corrected chi connectivity index (χ0v) is 14.8. The van der Waals surface area contributed by atoms with Crippen LogP contribution in [0.5, 0.6) is 0 Å². The number of amides is 1. The van der Waals surface area contributed by atoms with Crippen LogP contribution in [0.25, 0.3) is 11.1 Å². The molecule has 0 aromatic carbocycles. The summed E-state index contributed by atoms with van der Waals surface area (Å²) in [5, 5.41) is 9.56. The van der Waals surface area contributed by atoms with Crippen molar-refractivity contribution < 1.29 is 9.32 Å². The number of aromatic nitrogens is 4. The zero-order chi connectivity index (χ0) is 17.6. The second kappa shape index (κ2) is 6.15. The van der Waals surface area contributed by atoms with E-state index < -0.39 is 0 Å². The summed E-state index contributed by atoms with van der Waals surface area (Å²) >= 11 is 5.94. The number of halogens is 1. The summed E-state index contributed by atoms with van der Waals surface area (Å²) in [5.41, 5.74) is 2.46. The fourth-order valence-corrected chi connectivity index (χ4v) is 3.55. The smallest absolute Gasteiger partial charge is 0.258 e. The minimum Gasteiger partial charge on any atom is -0.338 e. The molecule has 8 heteroatoms. The Kier molecular flexibility index (Phi) is 3.95. The molecule has 130 valence electrons. The first-order valence-corrected chi connectivity index (χ1v) is 8.63. The van der Waals surface area contributed by atoms with Gasteiger partial charge in [-0.25, -0.2) is 4.98 Å². The standard InChI is InChI=1S/C17H18ClN5O2/c1-10-7-14(15-11(2)21-25-16(15)20-10)17(24)22-5-3-13(4-6-22)23-9-12(18)8-19-23/h7-9,13H,3-6H2,1-2H3.